The fourth-order valence-electron chi connectivity index (χ4n) is 1.81. The highest BCUT2D eigenvalue weighted by atomic mass is 16.6. The van der Waals surface area contributed by atoms with Crippen molar-refractivity contribution in [1.82, 2.24) is 10.6 Å². The van der Waals surface area contributed by atoms with Crippen LogP contribution in [-0.4, -0.2) is 53.3 Å². The van der Waals surface area contributed by atoms with Crippen LogP contribution in [0.25, 0.3) is 0 Å². The Balaban J connectivity index is 4.65. The molecule has 0 fully saturated rings. The Labute approximate surface area is 143 Å². The second-order valence-electron chi connectivity index (χ2n) is 6.83. The minimum Gasteiger partial charge on any atom is -0.444 e. The number of ether oxygens (including phenoxy) is 1. The van der Waals surface area contributed by atoms with Gasteiger partial charge in [-0.2, -0.15) is 0 Å². The summed E-state index contributed by atoms with van der Waals surface area (Å²) in [5.41, 5.74) is 10.2. The van der Waals surface area contributed by atoms with E-state index < -0.39 is 29.9 Å². The first-order chi connectivity index (χ1) is 10.9. The summed E-state index contributed by atoms with van der Waals surface area (Å²) < 4.78 is 5.17. The van der Waals surface area contributed by atoms with Crippen LogP contribution in [0.2, 0.25) is 0 Å². The van der Waals surface area contributed by atoms with E-state index in [1.165, 1.54) is 0 Å². The molecule has 0 heterocycles. The van der Waals surface area contributed by atoms with Gasteiger partial charge in [0.05, 0.1) is 11.9 Å². The molecule has 0 saturated heterocycles. The predicted molar refractivity (Wildman–Crippen MR) is 91.6 cm³/mol. The number of hydrogen-bond acceptors (Lipinski definition) is 6. The molecule has 0 aromatic heterocycles. The number of nitrogens with one attached hydrogen (secondary N) is 3. The van der Waals surface area contributed by atoms with Crippen LogP contribution in [0.4, 0.5) is 4.79 Å². The molecular weight excluding hydrogens is 314 g/mol. The van der Waals surface area contributed by atoms with Crippen molar-refractivity contribution in [2.45, 2.75) is 70.7 Å². The summed E-state index contributed by atoms with van der Waals surface area (Å²) in [6.07, 6.45) is -1.20. The molecule has 0 radical (unpaired) electrons. The average molecular weight is 345 g/mol. The third kappa shape index (κ3) is 11.7. The summed E-state index contributed by atoms with van der Waals surface area (Å²) in [5, 5.41) is 22.2. The van der Waals surface area contributed by atoms with Crippen LogP contribution < -0.4 is 22.1 Å². The smallest absolute Gasteiger partial charge is 0.407 e. The lowest BCUT2D eigenvalue weighted by molar-refractivity contribution is -0.121. The highest BCUT2D eigenvalue weighted by Crippen LogP contribution is 2.10. The van der Waals surface area contributed by atoms with Gasteiger partial charge in [-0.15, -0.1) is 0 Å². The summed E-state index contributed by atoms with van der Waals surface area (Å²) in [6.45, 7) is 7.07. The Bertz CT molecular complexity index is 434. The molecule has 0 unspecified atom stereocenters. The molecule has 2 amide bonds. The van der Waals surface area contributed by atoms with Crippen molar-refractivity contribution in [3.05, 3.63) is 0 Å². The van der Waals surface area contributed by atoms with Gasteiger partial charge >= 0.3 is 6.09 Å². The number of aliphatic hydroxyl groups excluding tert-OH is 1. The van der Waals surface area contributed by atoms with Crippen LogP contribution >= 0.6 is 0 Å². The molecular formula is C15H31N5O4. The number of aliphatic hydroxyl groups is 1. The number of alkyl carbamates (subject to hydrolysis) is 1. The van der Waals surface area contributed by atoms with Gasteiger partial charge in [0.25, 0.3) is 0 Å². The van der Waals surface area contributed by atoms with Gasteiger partial charge in [-0.1, -0.05) is 0 Å². The molecule has 8 N–H and O–H groups in total. The zero-order valence-electron chi connectivity index (χ0n) is 14.9. The summed E-state index contributed by atoms with van der Waals surface area (Å²) in [7, 11) is 0. The van der Waals surface area contributed by atoms with Gasteiger partial charge in [0.15, 0.2) is 0 Å². The minimum absolute atomic E-state index is 0.0221. The third-order valence-corrected chi connectivity index (χ3v) is 3.00. The monoisotopic (exact) mass is 345 g/mol. The number of amides is 2. The molecule has 0 aliphatic heterocycles. The second-order valence-corrected chi connectivity index (χ2v) is 6.83. The average Bonchev–Trinajstić information content (AvgIpc) is 2.35. The van der Waals surface area contributed by atoms with Crippen molar-refractivity contribution >= 4 is 17.8 Å². The Kier molecular flexibility index (Phi) is 9.30. The Morgan fingerprint density at radius 3 is 2.38 bits per heavy atom. The molecule has 0 spiro atoms. The zero-order chi connectivity index (χ0) is 18.9. The van der Waals surface area contributed by atoms with Crippen LogP contribution in [0.15, 0.2) is 0 Å². The summed E-state index contributed by atoms with van der Waals surface area (Å²) in [6, 6.07) is -1.12. The highest BCUT2D eigenvalue weighted by molar-refractivity contribution is 5.80. The van der Waals surface area contributed by atoms with Crippen LogP contribution in [0.5, 0.6) is 0 Å². The number of carbonyl (C=O) groups is 2. The van der Waals surface area contributed by atoms with Crippen molar-refractivity contribution in [2.75, 3.05) is 6.54 Å². The molecule has 0 aromatic rings. The number of carbonyl (C=O) groups excluding carboxylic acids is 2. The maximum Gasteiger partial charge on any atom is 0.407 e. The van der Waals surface area contributed by atoms with E-state index in [1.807, 2.05) is 0 Å². The second kappa shape index (κ2) is 10.1. The van der Waals surface area contributed by atoms with Gasteiger partial charge in [-0.25, -0.2) is 4.79 Å². The highest BCUT2D eigenvalue weighted by Gasteiger charge is 2.24. The van der Waals surface area contributed by atoms with Crippen molar-refractivity contribution in [3.8, 4) is 0 Å². The van der Waals surface area contributed by atoms with Gasteiger partial charge in [0, 0.05) is 31.5 Å². The molecule has 24 heavy (non-hydrogen) atoms. The molecule has 0 aromatic carbocycles. The van der Waals surface area contributed by atoms with Gasteiger partial charge in [0.2, 0.25) is 5.91 Å². The molecule has 140 valence electrons. The van der Waals surface area contributed by atoms with E-state index in [0.717, 1.165) is 0 Å². The third-order valence-electron chi connectivity index (χ3n) is 3.00. The Morgan fingerprint density at radius 1 is 1.33 bits per heavy atom. The molecule has 3 atom stereocenters. The molecule has 0 aliphatic carbocycles. The lowest BCUT2D eigenvalue weighted by Crippen LogP contribution is -2.45. The summed E-state index contributed by atoms with van der Waals surface area (Å²) in [5.74, 6) is -0.347. The van der Waals surface area contributed by atoms with Gasteiger partial charge in [0.1, 0.15) is 5.60 Å². The maximum atomic E-state index is 11.9. The molecule has 0 saturated carbocycles. The standard InChI is InChI=1S/C15H31N5O4/c1-9(16)11(21)7-10(20-14(23)24-15(2,3)4)8-13(22)19-6-5-12(17)18/h9-11,21H,5-8,16H2,1-4H3,(H3,17,18)(H,19,22)(H,20,23)/t9-,10-,11-/m1/s1. The number of amidine groups is 1. The first-order valence-electron chi connectivity index (χ1n) is 7.93. The van der Waals surface area contributed by atoms with E-state index >= 15 is 0 Å². The number of hydrogen-bond donors (Lipinski definition) is 6. The molecule has 9 nitrogen and oxygen atoms in total. The van der Waals surface area contributed by atoms with Crippen LogP contribution in [0.1, 0.15) is 47.0 Å². The Morgan fingerprint density at radius 2 is 1.92 bits per heavy atom. The molecule has 0 aliphatic rings. The van der Waals surface area contributed by atoms with Crippen molar-refractivity contribution in [3.63, 3.8) is 0 Å². The minimum atomic E-state index is -0.866. The lowest BCUT2D eigenvalue weighted by atomic mass is 10.0. The Hall–Kier alpha value is -1.87. The maximum absolute atomic E-state index is 11.9. The first kappa shape index (κ1) is 22.1. The van der Waals surface area contributed by atoms with Crippen LogP contribution in [-0.2, 0) is 9.53 Å². The largest absolute Gasteiger partial charge is 0.444 e. The van der Waals surface area contributed by atoms with Crippen LogP contribution in [0.3, 0.4) is 0 Å². The topological polar surface area (TPSA) is 164 Å². The van der Waals surface area contributed by atoms with E-state index in [4.69, 9.17) is 21.6 Å². The van der Waals surface area contributed by atoms with E-state index in [9.17, 15) is 14.7 Å². The summed E-state index contributed by atoms with van der Waals surface area (Å²) >= 11 is 0. The van der Waals surface area contributed by atoms with Crippen molar-refractivity contribution in [2.24, 2.45) is 11.5 Å². The predicted octanol–water partition coefficient (Wildman–Crippen LogP) is -0.190. The van der Waals surface area contributed by atoms with E-state index in [2.05, 4.69) is 10.6 Å². The van der Waals surface area contributed by atoms with Gasteiger partial charge < -0.3 is 31.9 Å². The van der Waals surface area contributed by atoms with E-state index in [-0.39, 0.29) is 37.6 Å². The van der Waals surface area contributed by atoms with Crippen molar-refractivity contribution < 1.29 is 19.4 Å². The van der Waals surface area contributed by atoms with Gasteiger partial charge in [-0.05, 0) is 34.1 Å². The van der Waals surface area contributed by atoms with E-state index in [0.29, 0.717) is 0 Å². The van der Waals surface area contributed by atoms with Crippen LogP contribution in [0, 0.1) is 5.41 Å². The molecule has 9 heteroatoms. The number of rotatable bonds is 9. The first-order valence-corrected chi connectivity index (χ1v) is 7.93. The number of nitrogens with two attached hydrogens (primary N) is 2. The quantitative estimate of drug-likeness (QED) is 0.250. The molecule has 0 rings (SSSR count). The molecule has 0 bridgehead atoms. The zero-order valence-corrected chi connectivity index (χ0v) is 14.9. The van der Waals surface area contributed by atoms with Gasteiger partial charge in [-0.3, -0.25) is 10.2 Å². The summed E-state index contributed by atoms with van der Waals surface area (Å²) in [4.78, 5) is 23.8. The SMILES string of the molecule is C[C@@H](N)[C@H](O)C[C@H](CC(=O)NCCC(=N)N)NC(=O)OC(C)(C)C. The fourth-order valence-corrected chi connectivity index (χ4v) is 1.81. The fraction of sp³-hybridized carbons (Fsp3) is 0.800. The lowest BCUT2D eigenvalue weighted by Gasteiger charge is -2.25. The van der Waals surface area contributed by atoms with E-state index in [1.54, 1.807) is 27.7 Å². The van der Waals surface area contributed by atoms with Crippen molar-refractivity contribution in [1.29, 1.82) is 5.41 Å². The normalized spacial score (nSPS) is 15.1.